The second kappa shape index (κ2) is 6.50. The smallest absolute Gasteiger partial charge is 0.257 e. The summed E-state index contributed by atoms with van der Waals surface area (Å²) in [5, 5.41) is 4.06. The van der Waals surface area contributed by atoms with E-state index in [0.717, 1.165) is 6.54 Å². The first kappa shape index (κ1) is 14.9. The monoisotopic (exact) mass is 246 g/mol. The Bertz CT molecular complexity index is 339. The zero-order chi connectivity index (χ0) is 11.4. The molecule has 1 unspecified atom stereocenters. The summed E-state index contributed by atoms with van der Waals surface area (Å²) in [5.41, 5.74) is 6.12. The van der Waals surface area contributed by atoms with Gasteiger partial charge in [0.05, 0.1) is 11.8 Å². The number of halogens is 1. The van der Waals surface area contributed by atoms with Crippen LogP contribution in [0.2, 0.25) is 0 Å². The molecular formula is C10H19ClN4O. The maximum atomic E-state index is 11.9. The van der Waals surface area contributed by atoms with Crippen molar-refractivity contribution in [2.24, 2.45) is 5.73 Å². The standard InChI is InChI=1S/C10H18N4O.ClH/c1-4-14-7-9(6-12-14)10(15)13(3)8(2)5-11;/h6-8H,4-5,11H2,1-3H3;1H. The molecule has 0 spiro atoms. The van der Waals surface area contributed by atoms with E-state index in [1.807, 2.05) is 13.8 Å². The SMILES string of the molecule is CCn1cc(C(=O)N(C)C(C)CN)cn1.Cl. The second-order valence-corrected chi connectivity index (χ2v) is 3.59. The van der Waals surface area contributed by atoms with Crippen LogP contribution in [-0.4, -0.2) is 40.2 Å². The Hall–Kier alpha value is -1.07. The van der Waals surface area contributed by atoms with E-state index in [2.05, 4.69) is 5.10 Å². The van der Waals surface area contributed by atoms with Crippen LogP contribution in [0.3, 0.4) is 0 Å². The van der Waals surface area contributed by atoms with Crippen molar-refractivity contribution in [2.45, 2.75) is 26.4 Å². The minimum Gasteiger partial charge on any atom is -0.338 e. The Morgan fingerprint density at radius 2 is 2.31 bits per heavy atom. The highest BCUT2D eigenvalue weighted by Gasteiger charge is 2.17. The topological polar surface area (TPSA) is 64.2 Å². The number of rotatable bonds is 4. The number of amides is 1. The molecule has 0 fully saturated rings. The zero-order valence-electron chi connectivity index (χ0n) is 9.88. The molecule has 2 N–H and O–H groups in total. The molecule has 6 heteroatoms. The van der Waals surface area contributed by atoms with Gasteiger partial charge in [-0.3, -0.25) is 9.48 Å². The fourth-order valence-electron chi connectivity index (χ4n) is 1.21. The zero-order valence-corrected chi connectivity index (χ0v) is 10.7. The van der Waals surface area contributed by atoms with E-state index in [-0.39, 0.29) is 24.4 Å². The molecule has 5 nitrogen and oxygen atoms in total. The van der Waals surface area contributed by atoms with Gasteiger partial charge in [-0.25, -0.2) is 0 Å². The van der Waals surface area contributed by atoms with E-state index in [0.29, 0.717) is 12.1 Å². The van der Waals surface area contributed by atoms with Crippen molar-refractivity contribution >= 4 is 18.3 Å². The first-order valence-corrected chi connectivity index (χ1v) is 5.09. The molecule has 1 rings (SSSR count). The summed E-state index contributed by atoms with van der Waals surface area (Å²) >= 11 is 0. The van der Waals surface area contributed by atoms with Gasteiger partial charge in [-0.15, -0.1) is 12.4 Å². The van der Waals surface area contributed by atoms with Crippen molar-refractivity contribution in [1.29, 1.82) is 0 Å². The molecule has 0 saturated carbocycles. The number of nitrogens with zero attached hydrogens (tertiary/aromatic N) is 3. The summed E-state index contributed by atoms with van der Waals surface area (Å²) in [6, 6.07) is 0.0440. The molecule has 0 aliphatic rings. The number of carbonyl (C=O) groups is 1. The number of aryl methyl sites for hydroxylation is 1. The van der Waals surface area contributed by atoms with E-state index in [4.69, 9.17) is 5.73 Å². The fraction of sp³-hybridized carbons (Fsp3) is 0.600. The third-order valence-electron chi connectivity index (χ3n) is 2.53. The molecule has 0 aromatic carbocycles. The molecule has 1 aromatic heterocycles. The number of likely N-dealkylation sites (N-methyl/N-ethyl adjacent to an activating group) is 1. The molecule has 1 atom stereocenters. The average Bonchev–Trinajstić information content (AvgIpc) is 2.74. The summed E-state index contributed by atoms with van der Waals surface area (Å²) < 4.78 is 1.73. The van der Waals surface area contributed by atoms with Crippen molar-refractivity contribution in [3.8, 4) is 0 Å². The Kier molecular flexibility index (Phi) is 6.06. The van der Waals surface area contributed by atoms with Crippen LogP contribution < -0.4 is 5.73 Å². The third-order valence-corrected chi connectivity index (χ3v) is 2.53. The van der Waals surface area contributed by atoms with E-state index in [1.165, 1.54) is 0 Å². The Morgan fingerprint density at radius 1 is 1.69 bits per heavy atom. The van der Waals surface area contributed by atoms with Gasteiger partial charge in [0, 0.05) is 32.4 Å². The predicted octanol–water partition coefficient (Wildman–Crippen LogP) is 0.744. The van der Waals surface area contributed by atoms with Crippen molar-refractivity contribution in [2.75, 3.05) is 13.6 Å². The molecule has 1 amide bonds. The minimum atomic E-state index is -0.0346. The summed E-state index contributed by atoms with van der Waals surface area (Å²) in [5.74, 6) is -0.0346. The fourth-order valence-corrected chi connectivity index (χ4v) is 1.21. The maximum absolute atomic E-state index is 11.9. The quantitative estimate of drug-likeness (QED) is 0.853. The van der Waals surface area contributed by atoms with Crippen molar-refractivity contribution in [1.82, 2.24) is 14.7 Å². The van der Waals surface area contributed by atoms with Crippen LogP contribution in [0.1, 0.15) is 24.2 Å². The van der Waals surface area contributed by atoms with Crippen LogP contribution in [0.15, 0.2) is 12.4 Å². The van der Waals surface area contributed by atoms with Crippen LogP contribution in [0.5, 0.6) is 0 Å². The molecule has 0 saturated heterocycles. The molecule has 1 aromatic rings. The number of carbonyl (C=O) groups excluding carboxylic acids is 1. The van der Waals surface area contributed by atoms with E-state index in [1.54, 1.807) is 29.0 Å². The van der Waals surface area contributed by atoms with Crippen LogP contribution in [0.25, 0.3) is 0 Å². The number of hydrogen-bond acceptors (Lipinski definition) is 3. The number of aromatic nitrogens is 2. The largest absolute Gasteiger partial charge is 0.338 e. The molecular weight excluding hydrogens is 228 g/mol. The summed E-state index contributed by atoms with van der Waals surface area (Å²) in [6.45, 7) is 5.13. The molecule has 0 radical (unpaired) electrons. The maximum Gasteiger partial charge on any atom is 0.257 e. The van der Waals surface area contributed by atoms with E-state index in [9.17, 15) is 4.79 Å². The highest BCUT2D eigenvalue weighted by Crippen LogP contribution is 2.05. The lowest BCUT2D eigenvalue weighted by molar-refractivity contribution is 0.0748. The van der Waals surface area contributed by atoms with Crippen LogP contribution in [0, 0.1) is 0 Å². The van der Waals surface area contributed by atoms with Crippen LogP contribution in [-0.2, 0) is 6.54 Å². The van der Waals surface area contributed by atoms with E-state index < -0.39 is 0 Å². The van der Waals surface area contributed by atoms with E-state index >= 15 is 0 Å². The highest BCUT2D eigenvalue weighted by molar-refractivity contribution is 5.93. The first-order valence-electron chi connectivity index (χ1n) is 5.09. The van der Waals surface area contributed by atoms with Gasteiger partial charge in [0.15, 0.2) is 0 Å². The number of hydrogen-bond donors (Lipinski definition) is 1. The molecule has 16 heavy (non-hydrogen) atoms. The van der Waals surface area contributed by atoms with Crippen LogP contribution >= 0.6 is 12.4 Å². The molecule has 0 aliphatic carbocycles. The van der Waals surface area contributed by atoms with Gasteiger partial charge in [-0.1, -0.05) is 0 Å². The average molecular weight is 247 g/mol. The van der Waals surface area contributed by atoms with Gasteiger partial charge in [0.1, 0.15) is 0 Å². The second-order valence-electron chi connectivity index (χ2n) is 3.59. The molecule has 0 aliphatic heterocycles. The van der Waals surface area contributed by atoms with Gasteiger partial charge in [-0.2, -0.15) is 5.10 Å². The molecule has 0 bridgehead atoms. The third kappa shape index (κ3) is 3.21. The molecule has 92 valence electrons. The Labute approximate surface area is 102 Å². The lowest BCUT2D eigenvalue weighted by Crippen LogP contribution is -2.39. The lowest BCUT2D eigenvalue weighted by atomic mass is 10.2. The van der Waals surface area contributed by atoms with Crippen molar-refractivity contribution in [3.63, 3.8) is 0 Å². The van der Waals surface area contributed by atoms with Crippen molar-refractivity contribution in [3.05, 3.63) is 18.0 Å². The summed E-state index contributed by atoms with van der Waals surface area (Å²) in [6.07, 6.45) is 3.34. The summed E-state index contributed by atoms with van der Waals surface area (Å²) in [4.78, 5) is 13.5. The van der Waals surface area contributed by atoms with Crippen LogP contribution in [0.4, 0.5) is 0 Å². The van der Waals surface area contributed by atoms with Gasteiger partial charge in [0.25, 0.3) is 5.91 Å². The Balaban J connectivity index is 0.00000225. The number of nitrogens with two attached hydrogens (primary N) is 1. The normalized spacial score (nSPS) is 11.8. The minimum absolute atomic E-state index is 0. The highest BCUT2D eigenvalue weighted by atomic mass is 35.5. The predicted molar refractivity (Wildman–Crippen MR) is 65.8 cm³/mol. The Morgan fingerprint density at radius 3 is 2.75 bits per heavy atom. The van der Waals surface area contributed by atoms with Gasteiger partial charge < -0.3 is 10.6 Å². The summed E-state index contributed by atoms with van der Waals surface area (Å²) in [7, 11) is 1.75. The van der Waals surface area contributed by atoms with Gasteiger partial charge >= 0.3 is 0 Å². The van der Waals surface area contributed by atoms with Gasteiger partial charge in [-0.05, 0) is 13.8 Å². The first-order chi connectivity index (χ1) is 7.10. The molecule has 1 heterocycles. The van der Waals surface area contributed by atoms with Gasteiger partial charge in [0.2, 0.25) is 0 Å². The lowest BCUT2D eigenvalue weighted by Gasteiger charge is -2.22. The van der Waals surface area contributed by atoms with Crippen molar-refractivity contribution < 1.29 is 4.79 Å².